The van der Waals surface area contributed by atoms with E-state index in [-0.39, 0.29) is 17.9 Å². The number of halogens is 5. The highest BCUT2D eigenvalue weighted by molar-refractivity contribution is 9.10. The van der Waals surface area contributed by atoms with Crippen LogP contribution in [0.3, 0.4) is 0 Å². The molecule has 36 heavy (non-hydrogen) atoms. The zero-order chi connectivity index (χ0) is 26.0. The maximum Gasteiger partial charge on any atom is 0.416 e. The predicted octanol–water partition coefficient (Wildman–Crippen LogP) is 7.52. The average molecular weight is 580 g/mol. The average Bonchev–Trinajstić information content (AvgIpc) is 3.12. The molecule has 0 bridgehead atoms. The highest BCUT2D eigenvalue weighted by atomic mass is 79.9. The van der Waals surface area contributed by atoms with E-state index in [0.29, 0.717) is 32.3 Å². The fraction of sp³-hybridized carbons (Fsp3) is 0.154. The van der Waals surface area contributed by atoms with Crippen LogP contribution < -0.4 is 14.5 Å². The molecular formula is C26H19BrClF3N2O3. The summed E-state index contributed by atoms with van der Waals surface area (Å²) in [4.78, 5) is 13.1. The van der Waals surface area contributed by atoms with Crippen LogP contribution in [-0.4, -0.2) is 18.7 Å². The quantitative estimate of drug-likeness (QED) is 0.284. The number of carbonyl (C=O) groups excluding carboxylic acids is 1. The van der Waals surface area contributed by atoms with E-state index in [1.54, 1.807) is 31.2 Å². The van der Waals surface area contributed by atoms with E-state index in [0.717, 1.165) is 22.7 Å². The van der Waals surface area contributed by atoms with E-state index >= 15 is 0 Å². The highest BCUT2D eigenvalue weighted by Gasteiger charge is 2.33. The van der Waals surface area contributed by atoms with E-state index in [4.69, 9.17) is 21.1 Å². The fourth-order valence-electron chi connectivity index (χ4n) is 3.57. The molecule has 3 aromatic carbocycles. The number of amides is 1. The molecule has 10 heteroatoms. The van der Waals surface area contributed by atoms with Crippen molar-refractivity contribution in [3.05, 3.63) is 92.4 Å². The Morgan fingerprint density at radius 2 is 1.86 bits per heavy atom. The number of alkyl halides is 3. The van der Waals surface area contributed by atoms with Crippen molar-refractivity contribution >= 4 is 50.9 Å². The van der Waals surface area contributed by atoms with Crippen LogP contribution in [0.1, 0.15) is 23.6 Å². The third kappa shape index (κ3) is 5.42. The molecule has 0 atom stereocenters. The molecule has 0 fully saturated rings. The predicted molar refractivity (Wildman–Crippen MR) is 136 cm³/mol. The van der Waals surface area contributed by atoms with E-state index in [9.17, 15) is 18.0 Å². The molecule has 0 spiro atoms. The lowest BCUT2D eigenvalue weighted by molar-refractivity contribution is -0.137. The van der Waals surface area contributed by atoms with Gasteiger partial charge in [-0.05, 0) is 70.9 Å². The standard InChI is InChI=1S/C26H19BrClF3N2O3/c1-15-20(25(34)33(32-15)19-8-5-7-18(13-19)26(29,30)31)10-16-11-21(27)24(23(12-16)35-2)36-14-17-6-3-4-9-22(17)28/h3-13H,14H2,1-2H3. The lowest BCUT2D eigenvalue weighted by atomic mass is 10.1. The molecule has 4 rings (SSSR count). The van der Waals surface area contributed by atoms with Gasteiger partial charge in [0.15, 0.2) is 11.5 Å². The van der Waals surface area contributed by atoms with Crippen molar-refractivity contribution in [2.45, 2.75) is 19.7 Å². The molecule has 186 valence electrons. The summed E-state index contributed by atoms with van der Waals surface area (Å²) in [6.07, 6.45) is -2.94. The van der Waals surface area contributed by atoms with Crippen LogP contribution in [0.15, 0.2) is 75.8 Å². The monoisotopic (exact) mass is 578 g/mol. The van der Waals surface area contributed by atoms with Crippen LogP contribution in [0.2, 0.25) is 5.02 Å². The molecule has 1 aliphatic heterocycles. The number of methoxy groups -OCH3 is 1. The van der Waals surface area contributed by atoms with Crippen molar-refractivity contribution in [1.82, 2.24) is 0 Å². The summed E-state index contributed by atoms with van der Waals surface area (Å²) in [5.74, 6) is 0.326. The van der Waals surface area contributed by atoms with Crippen molar-refractivity contribution in [3.8, 4) is 11.5 Å². The molecule has 0 aliphatic carbocycles. The largest absolute Gasteiger partial charge is 0.493 e. The zero-order valence-corrected chi connectivity index (χ0v) is 21.4. The number of benzene rings is 3. The molecule has 0 radical (unpaired) electrons. The number of hydrazone groups is 1. The van der Waals surface area contributed by atoms with Crippen molar-refractivity contribution in [2.75, 3.05) is 12.1 Å². The number of rotatable bonds is 6. The normalized spacial score (nSPS) is 14.9. The van der Waals surface area contributed by atoms with Crippen molar-refractivity contribution in [2.24, 2.45) is 5.10 Å². The van der Waals surface area contributed by atoms with Gasteiger partial charge in [-0.3, -0.25) is 4.79 Å². The lowest BCUT2D eigenvalue weighted by Crippen LogP contribution is -2.21. The number of ether oxygens (including phenoxy) is 2. The third-order valence-corrected chi connectivity index (χ3v) is 6.33. The summed E-state index contributed by atoms with van der Waals surface area (Å²) in [7, 11) is 1.49. The summed E-state index contributed by atoms with van der Waals surface area (Å²) < 4.78 is 51.4. The first-order chi connectivity index (χ1) is 17.1. The molecule has 1 heterocycles. The van der Waals surface area contributed by atoms with Crippen LogP contribution in [0.5, 0.6) is 11.5 Å². The van der Waals surface area contributed by atoms with Crippen LogP contribution in [-0.2, 0) is 17.6 Å². The summed E-state index contributed by atoms with van der Waals surface area (Å²) in [5.41, 5.74) is 1.18. The van der Waals surface area contributed by atoms with Gasteiger partial charge in [0.05, 0.1) is 34.1 Å². The minimum Gasteiger partial charge on any atom is -0.493 e. The summed E-state index contributed by atoms with van der Waals surface area (Å²) in [6, 6.07) is 15.2. The van der Waals surface area contributed by atoms with E-state index in [1.165, 1.54) is 19.2 Å². The van der Waals surface area contributed by atoms with Crippen molar-refractivity contribution < 1.29 is 27.4 Å². The number of anilines is 1. The molecule has 0 aromatic heterocycles. The van der Waals surface area contributed by atoms with E-state index < -0.39 is 17.6 Å². The van der Waals surface area contributed by atoms with Gasteiger partial charge in [-0.1, -0.05) is 35.9 Å². The molecular weight excluding hydrogens is 561 g/mol. The Morgan fingerprint density at radius 3 is 2.56 bits per heavy atom. The second kappa shape index (κ2) is 10.4. The van der Waals surface area contributed by atoms with Gasteiger partial charge in [0, 0.05) is 10.6 Å². The SMILES string of the molecule is COc1cc(C=C2C(=O)N(c3cccc(C(F)(F)F)c3)N=C2C)cc(Br)c1OCc1ccccc1Cl. The number of carbonyl (C=O) groups is 1. The van der Waals surface area contributed by atoms with Crippen LogP contribution in [0.4, 0.5) is 18.9 Å². The first kappa shape index (κ1) is 25.8. The Labute approximate surface area is 218 Å². The first-order valence-corrected chi connectivity index (χ1v) is 11.8. The van der Waals surface area contributed by atoms with Gasteiger partial charge in [-0.2, -0.15) is 23.3 Å². The Bertz CT molecular complexity index is 1390. The van der Waals surface area contributed by atoms with Gasteiger partial charge in [-0.15, -0.1) is 0 Å². The lowest BCUT2D eigenvalue weighted by Gasteiger charge is -2.15. The second-order valence-electron chi connectivity index (χ2n) is 7.82. The maximum absolute atomic E-state index is 13.1. The second-order valence-corrected chi connectivity index (χ2v) is 9.08. The van der Waals surface area contributed by atoms with Gasteiger partial charge in [0.2, 0.25) is 0 Å². The zero-order valence-electron chi connectivity index (χ0n) is 19.1. The van der Waals surface area contributed by atoms with E-state index in [2.05, 4.69) is 21.0 Å². The summed E-state index contributed by atoms with van der Waals surface area (Å²) in [6.45, 7) is 1.83. The highest BCUT2D eigenvalue weighted by Crippen LogP contribution is 2.39. The Hall–Kier alpha value is -3.30. The molecule has 5 nitrogen and oxygen atoms in total. The first-order valence-electron chi connectivity index (χ1n) is 10.6. The Kier molecular flexibility index (Phi) is 7.42. The summed E-state index contributed by atoms with van der Waals surface area (Å²) in [5, 5.41) is 5.72. The van der Waals surface area contributed by atoms with Gasteiger partial charge in [0.1, 0.15) is 6.61 Å². The van der Waals surface area contributed by atoms with Crippen LogP contribution >= 0.6 is 27.5 Å². The Balaban J connectivity index is 1.60. The van der Waals surface area contributed by atoms with Crippen molar-refractivity contribution in [3.63, 3.8) is 0 Å². The van der Waals surface area contributed by atoms with Gasteiger partial charge >= 0.3 is 6.18 Å². The fourth-order valence-corrected chi connectivity index (χ4v) is 4.33. The molecule has 0 saturated heterocycles. The molecule has 0 saturated carbocycles. The van der Waals surface area contributed by atoms with Gasteiger partial charge in [-0.25, -0.2) is 0 Å². The topological polar surface area (TPSA) is 51.1 Å². The smallest absolute Gasteiger partial charge is 0.416 e. The van der Waals surface area contributed by atoms with E-state index in [1.807, 2.05) is 18.2 Å². The molecule has 1 amide bonds. The number of hydrogen-bond donors (Lipinski definition) is 0. The van der Waals surface area contributed by atoms with Crippen LogP contribution in [0, 0.1) is 0 Å². The van der Waals surface area contributed by atoms with Crippen LogP contribution in [0.25, 0.3) is 6.08 Å². The number of nitrogens with zero attached hydrogens (tertiary/aromatic N) is 2. The minimum absolute atomic E-state index is 0.0275. The Morgan fingerprint density at radius 1 is 1.11 bits per heavy atom. The molecule has 3 aromatic rings. The minimum atomic E-state index is -4.53. The van der Waals surface area contributed by atoms with Gasteiger partial charge in [0.25, 0.3) is 5.91 Å². The maximum atomic E-state index is 13.1. The van der Waals surface area contributed by atoms with Gasteiger partial charge < -0.3 is 9.47 Å². The number of hydrogen-bond acceptors (Lipinski definition) is 4. The molecule has 0 N–H and O–H groups in total. The molecule has 1 aliphatic rings. The van der Waals surface area contributed by atoms with Crippen molar-refractivity contribution in [1.29, 1.82) is 0 Å². The third-order valence-electron chi connectivity index (χ3n) is 5.37. The summed E-state index contributed by atoms with van der Waals surface area (Å²) >= 11 is 9.69. The molecule has 0 unspecified atom stereocenters.